The topological polar surface area (TPSA) is 80.0 Å². The van der Waals surface area contributed by atoms with Crippen molar-refractivity contribution in [3.8, 4) is 0 Å². The molecule has 0 saturated heterocycles. The summed E-state index contributed by atoms with van der Waals surface area (Å²) in [5.74, 6) is -0.865. The maximum Gasteiger partial charge on any atom is 0.246 e. The number of halogens is 2. The average molecular weight is 313 g/mol. The zero-order valence-electron chi connectivity index (χ0n) is 11.1. The minimum absolute atomic E-state index is 0.0128. The number of hydrogen-bond donors (Lipinski definition) is 2. The Balaban J connectivity index is 1.91. The fourth-order valence-corrected chi connectivity index (χ4v) is 1.89. The Kier molecular flexibility index (Phi) is 5.24. The van der Waals surface area contributed by atoms with Crippen molar-refractivity contribution < 1.29 is 14.3 Å². The smallest absolute Gasteiger partial charge is 0.246 e. The SMILES string of the molecule is O=C(Cn1cc(CCCO)nn1)Nc1ccc(F)c(Cl)c1. The molecular formula is C13H14ClFN4O2. The van der Waals surface area contributed by atoms with Crippen LogP contribution in [-0.4, -0.2) is 32.6 Å². The quantitative estimate of drug-likeness (QED) is 0.849. The van der Waals surface area contributed by atoms with Gasteiger partial charge in [-0.25, -0.2) is 9.07 Å². The Morgan fingerprint density at radius 1 is 1.48 bits per heavy atom. The van der Waals surface area contributed by atoms with Gasteiger partial charge in [0.1, 0.15) is 12.4 Å². The highest BCUT2D eigenvalue weighted by molar-refractivity contribution is 6.31. The minimum atomic E-state index is -0.542. The maximum absolute atomic E-state index is 13.0. The lowest BCUT2D eigenvalue weighted by atomic mass is 10.3. The molecule has 21 heavy (non-hydrogen) atoms. The zero-order chi connectivity index (χ0) is 15.2. The number of carbonyl (C=O) groups excluding carboxylic acids is 1. The first kappa shape index (κ1) is 15.4. The number of rotatable bonds is 6. The number of nitrogens with one attached hydrogen (secondary N) is 1. The van der Waals surface area contributed by atoms with Crippen molar-refractivity contribution >= 4 is 23.2 Å². The van der Waals surface area contributed by atoms with Gasteiger partial charge in [0.05, 0.1) is 10.7 Å². The van der Waals surface area contributed by atoms with Crippen molar-refractivity contribution in [2.24, 2.45) is 0 Å². The number of carbonyl (C=O) groups is 1. The summed E-state index contributed by atoms with van der Waals surface area (Å²) in [5, 5.41) is 19.0. The van der Waals surface area contributed by atoms with Crippen molar-refractivity contribution in [2.45, 2.75) is 19.4 Å². The second kappa shape index (κ2) is 7.14. The summed E-state index contributed by atoms with van der Waals surface area (Å²) < 4.78 is 14.4. The van der Waals surface area contributed by atoms with Gasteiger partial charge < -0.3 is 10.4 Å². The molecule has 0 unspecified atom stereocenters. The van der Waals surface area contributed by atoms with Gasteiger partial charge >= 0.3 is 0 Å². The highest BCUT2D eigenvalue weighted by atomic mass is 35.5. The fourth-order valence-electron chi connectivity index (χ4n) is 1.71. The van der Waals surface area contributed by atoms with Crippen LogP contribution in [0.4, 0.5) is 10.1 Å². The van der Waals surface area contributed by atoms with Crippen LogP contribution in [0, 0.1) is 5.82 Å². The van der Waals surface area contributed by atoms with Crippen LogP contribution in [0.5, 0.6) is 0 Å². The molecule has 112 valence electrons. The van der Waals surface area contributed by atoms with Gasteiger partial charge in [0.25, 0.3) is 0 Å². The number of hydrogen-bond acceptors (Lipinski definition) is 4. The van der Waals surface area contributed by atoms with E-state index in [2.05, 4.69) is 15.6 Å². The van der Waals surface area contributed by atoms with Crippen LogP contribution in [0.3, 0.4) is 0 Å². The van der Waals surface area contributed by atoms with Crippen molar-refractivity contribution in [3.05, 3.63) is 40.9 Å². The number of benzene rings is 1. The Bertz CT molecular complexity index is 632. The second-order valence-corrected chi connectivity index (χ2v) is 4.82. The fraction of sp³-hybridized carbons (Fsp3) is 0.308. The van der Waals surface area contributed by atoms with E-state index in [1.54, 1.807) is 6.20 Å². The van der Waals surface area contributed by atoms with Gasteiger partial charge in [-0.1, -0.05) is 16.8 Å². The Labute approximate surface area is 125 Å². The third-order valence-electron chi connectivity index (χ3n) is 2.69. The van der Waals surface area contributed by atoms with Gasteiger partial charge in [0.15, 0.2) is 0 Å². The predicted molar refractivity (Wildman–Crippen MR) is 75.5 cm³/mol. The van der Waals surface area contributed by atoms with Crippen LogP contribution in [-0.2, 0) is 17.8 Å². The molecule has 1 heterocycles. The van der Waals surface area contributed by atoms with E-state index < -0.39 is 5.82 Å². The molecule has 0 spiro atoms. The van der Waals surface area contributed by atoms with Crippen LogP contribution in [0.1, 0.15) is 12.1 Å². The zero-order valence-corrected chi connectivity index (χ0v) is 11.8. The first-order valence-electron chi connectivity index (χ1n) is 6.33. The lowest BCUT2D eigenvalue weighted by molar-refractivity contribution is -0.116. The van der Waals surface area contributed by atoms with E-state index in [1.165, 1.54) is 22.9 Å². The van der Waals surface area contributed by atoms with Crippen molar-refractivity contribution in [1.29, 1.82) is 0 Å². The van der Waals surface area contributed by atoms with Crippen LogP contribution in [0.15, 0.2) is 24.4 Å². The number of anilines is 1. The summed E-state index contributed by atoms with van der Waals surface area (Å²) in [6.07, 6.45) is 2.84. The molecule has 0 aliphatic heterocycles. The Morgan fingerprint density at radius 2 is 2.29 bits per heavy atom. The van der Waals surface area contributed by atoms with Crippen molar-refractivity contribution in [3.63, 3.8) is 0 Å². The lowest BCUT2D eigenvalue weighted by Gasteiger charge is -2.05. The molecule has 2 rings (SSSR count). The molecule has 0 fully saturated rings. The number of aliphatic hydroxyl groups is 1. The van der Waals surface area contributed by atoms with E-state index >= 15 is 0 Å². The number of aromatic nitrogens is 3. The molecule has 0 bridgehead atoms. The van der Waals surface area contributed by atoms with E-state index in [4.69, 9.17) is 16.7 Å². The summed E-state index contributed by atoms with van der Waals surface area (Å²) in [5.41, 5.74) is 1.12. The summed E-state index contributed by atoms with van der Waals surface area (Å²) in [4.78, 5) is 11.8. The first-order chi connectivity index (χ1) is 10.1. The number of amides is 1. The van der Waals surface area contributed by atoms with Crippen LogP contribution >= 0.6 is 11.6 Å². The summed E-state index contributed by atoms with van der Waals surface area (Å²) in [7, 11) is 0. The van der Waals surface area contributed by atoms with E-state index in [0.717, 1.165) is 0 Å². The molecule has 1 amide bonds. The molecular weight excluding hydrogens is 299 g/mol. The molecule has 6 nitrogen and oxygen atoms in total. The van der Waals surface area contributed by atoms with Gasteiger partial charge in [0, 0.05) is 18.5 Å². The van der Waals surface area contributed by atoms with Crippen LogP contribution in [0.2, 0.25) is 5.02 Å². The maximum atomic E-state index is 13.0. The molecule has 2 N–H and O–H groups in total. The summed E-state index contributed by atoms with van der Waals surface area (Å²) >= 11 is 5.64. The third-order valence-corrected chi connectivity index (χ3v) is 2.98. The summed E-state index contributed by atoms with van der Waals surface area (Å²) in [6.45, 7) is 0.0692. The molecule has 2 aromatic rings. The molecule has 0 atom stereocenters. The number of nitrogens with zero attached hydrogens (tertiary/aromatic N) is 3. The van der Waals surface area contributed by atoms with E-state index in [-0.39, 0.29) is 24.1 Å². The number of aliphatic hydroxyl groups excluding tert-OH is 1. The Morgan fingerprint density at radius 3 is 3.00 bits per heavy atom. The monoisotopic (exact) mass is 312 g/mol. The first-order valence-corrected chi connectivity index (χ1v) is 6.71. The minimum Gasteiger partial charge on any atom is -0.396 e. The molecule has 8 heteroatoms. The van der Waals surface area contributed by atoms with Gasteiger partial charge in [-0.15, -0.1) is 5.10 Å². The van der Waals surface area contributed by atoms with Gasteiger partial charge in [-0.3, -0.25) is 4.79 Å². The normalized spacial score (nSPS) is 10.6. The van der Waals surface area contributed by atoms with E-state index in [1.807, 2.05) is 0 Å². The standard InChI is InChI=1S/C13H14ClFN4O2/c14-11-6-9(3-4-12(11)15)16-13(21)8-19-7-10(17-18-19)2-1-5-20/h3-4,6-7,20H,1-2,5,8H2,(H,16,21). The van der Waals surface area contributed by atoms with E-state index in [9.17, 15) is 9.18 Å². The van der Waals surface area contributed by atoms with Gasteiger partial charge in [0.2, 0.25) is 5.91 Å². The average Bonchev–Trinajstić information content (AvgIpc) is 2.88. The third kappa shape index (κ3) is 4.51. The largest absolute Gasteiger partial charge is 0.396 e. The molecule has 0 radical (unpaired) electrons. The lowest BCUT2D eigenvalue weighted by Crippen LogP contribution is -2.19. The van der Waals surface area contributed by atoms with Gasteiger partial charge in [-0.05, 0) is 31.0 Å². The van der Waals surface area contributed by atoms with Crippen LogP contribution < -0.4 is 5.32 Å². The Hall–Kier alpha value is -1.99. The van der Waals surface area contributed by atoms with Gasteiger partial charge in [-0.2, -0.15) is 0 Å². The van der Waals surface area contributed by atoms with Crippen LogP contribution in [0.25, 0.3) is 0 Å². The molecule has 0 aliphatic rings. The molecule has 1 aromatic heterocycles. The molecule has 0 saturated carbocycles. The highest BCUT2D eigenvalue weighted by Gasteiger charge is 2.08. The summed E-state index contributed by atoms with van der Waals surface area (Å²) in [6, 6.07) is 3.94. The highest BCUT2D eigenvalue weighted by Crippen LogP contribution is 2.19. The van der Waals surface area contributed by atoms with E-state index in [0.29, 0.717) is 24.2 Å². The van der Waals surface area contributed by atoms with Crippen molar-refractivity contribution in [1.82, 2.24) is 15.0 Å². The predicted octanol–water partition coefficient (Wildman–Crippen LogP) is 1.63. The van der Waals surface area contributed by atoms with Crippen molar-refractivity contribution in [2.75, 3.05) is 11.9 Å². The second-order valence-electron chi connectivity index (χ2n) is 4.41. The molecule has 0 aliphatic carbocycles. The number of aryl methyl sites for hydroxylation is 1. The molecule has 1 aromatic carbocycles.